The molecule has 4 rings (SSSR count). The summed E-state index contributed by atoms with van der Waals surface area (Å²) in [5, 5.41) is 2.55. The van der Waals surface area contributed by atoms with Crippen LogP contribution in [-0.2, 0) is 20.0 Å². The van der Waals surface area contributed by atoms with Gasteiger partial charge in [-0.1, -0.05) is 23.7 Å². The molecule has 0 aliphatic rings. The first-order valence-electron chi connectivity index (χ1n) is 10.6. The van der Waals surface area contributed by atoms with Gasteiger partial charge in [0.15, 0.2) is 0 Å². The fourth-order valence-electron chi connectivity index (χ4n) is 3.22. The smallest absolute Gasteiger partial charge is 0.264 e. The Morgan fingerprint density at radius 2 is 1.49 bits per heavy atom. The molecule has 3 aromatic carbocycles. The zero-order chi connectivity index (χ0) is 26.6. The standard InChI is InChI=1S/C24H20ClN5O5S2/c1-16-4-2-5-19(14-16)29-37(34,35)22-15-17(6-11-21(22)25)23(31)28-18-7-9-20(10-8-18)36(32,33)30-24-26-12-3-13-27-24/h2-15,29H,1H3,(H,28,31)(H,26,27,30). The first-order chi connectivity index (χ1) is 17.5. The number of aromatic nitrogens is 2. The summed E-state index contributed by atoms with van der Waals surface area (Å²) >= 11 is 6.14. The first kappa shape index (κ1) is 26.1. The van der Waals surface area contributed by atoms with Gasteiger partial charge in [0.1, 0.15) is 4.90 Å². The van der Waals surface area contributed by atoms with Crippen molar-refractivity contribution in [3.63, 3.8) is 0 Å². The van der Waals surface area contributed by atoms with E-state index in [1.807, 2.05) is 13.0 Å². The summed E-state index contributed by atoms with van der Waals surface area (Å²) < 4.78 is 55.6. The number of benzene rings is 3. The van der Waals surface area contributed by atoms with E-state index in [1.54, 1.807) is 24.3 Å². The van der Waals surface area contributed by atoms with Gasteiger partial charge in [-0.3, -0.25) is 9.52 Å². The maximum Gasteiger partial charge on any atom is 0.264 e. The molecule has 0 bridgehead atoms. The molecule has 0 saturated carbocycles. The summed E-state index contributed by atoms with van der Waals surface area (Å²) in [6, 6.07) is 17.6. The van der Waals surface area contributed by atoms with E-state index in [4.69, 9.17) is 11.6 Å². The van der Waals surface area contributed by atoms with Gasteiger partial charge in [-0.15, -0.1) is 0 Å². The molecule has 13 heteroatoms. The minimum atomic E-state index is -4.08. The Labute approximate surface area is 218 Å². The fraction of sp³-hybridized carbons (Fsp3) is 0.0417. The van der Waals surface area contributed by atoms with Gasteiger partial charge in [-0.25, -0.2) is 31.5 Å². The van der Waals surface area contributed by atoms with E-state index in [-0.39, 0.29) is 32.0 Å². The van der Waals surface area contributed by atoms with Crippen LogP contribution < -0.4 is 14.8 Å². The first-order valence-corrected chi connectivity index (χ1v) is 14.0. The van der Waals surface area contributed by atoms with Gasteiger partial charge in [0.25, 0.3) is 26.0 Å². The van der Waals surface area contributed by atoms with Crippen LogP contribution in [0.5, 0.6) is 0 Å². The van der Waals surface area contributed by atoms with Crippen molar-refractivity contribution in [2.45, 2.75) is 16.7 Å². The Morgan fingerprint density at radius 3 is 2.16 bits per heavy atom. The largest absolute Gasteiger partial charge is 0.322 e. The summed E-state index contributed by atoms with van der Waals surface area (Å²) in [6.07, 6.45) is 2.80. The summed E-state index contributed by atoms with van der Waals surface area (Å²) in [7, 11) is -8.03. The number of anilines is 3. The van der Waals surface area contributed by atoms with Crippen molar-refractivity contribution in [3.8, 4) is 0 Å². The molecule has 10 nitrogen and oxygen atoms in total. The van der Waals surface area contributed by atoms with Crippen molar-refractivity contribution >= 4 is 54.9 Å². The van der Waals surface area contributed by atoms with Crippen LogP contribution in [0.15, 0.2) is 95.0 Å². The van der Waals surface area contributed by atoms with Crippen LogP contribution in [0.3, 0.4) is 0 Å². The number of aryl methyl sites for hydroxylation is 1. The van der Waals surface area contributed by atoms with Gasteiger partial charge in [0, 0.05) is 29.3 Å². The van der Waals surface area contributed by atoms with Crippen LogP contribution >= 0.6 is 11.6 Å². The second-order valence-corrected chi connectivity index (χ2v) is 11.5. The van der Waals surface area contributed by atoms with Gasteiger partial charge in [0.2, 0.25) is 5.95 Å². The highest BCUT2D eigenvalue weighted by Gasteiger charge is 2.21. The number of carbonyl (C=O) groups excluding carboxylic acids is 1. The Hall–Kier alpha value is -4.00. The van der Waals surface area contributed by atoms with E-state index in [0.717, 1.165) is 5.56 Å². The van der Waals surface area contributed by atoms with E-state index in [0.29, 0.717) is 5.69 Å². The van der Waals surface area contributed by atoms with Crippen LogP contribution in [0, 0.1) is 6.92 Å². The maximum absolute atomic E-state index is 12.9. The summed E-state index contributed by atoms with van der Waals surface area (Å²) in [4.78, 5) is 20.1. The molecule has 0 radical (unpaired) electrons. The number of hydrogen-bond donors (Lipinski definition) is 3. The average molecular weight is 558 g/mol. The number of rotatable bonds is 8. The molecule has 190 valence electrons. The van der Waals surface area contributed by atoms with Crippen molar-refractivity contribution in [3.05, 3.63) is 101 Å². The third-order valence-electron chi connectivity index (χ3n) is 4.97. The predicted molar refractivity (Wildman–Crippen MR) is 141 cm³/mol. The van der Waals surface area contributed by atoms with Crippen LogP contribution in [0.25, 0.3) is 0 Å². The Morgan fingerprint density at radius 1 is 0.784 bits per heavy atom. The second-order valence-electron chi connectivity index (χ2n) is 7.78. The second kappa shape index (κ2) is 10.5. The Balaban J connectivity index is 1.50. The topological polar surface area (TPSA) is 147 Å². The SMILES string of the molecule is Cc1cccc(NS(=O)(=O)c2cc(C(=O)Nc3ccc(S(=O)(=O)Nc4ncccn4)cc3)ccc2Cl)c1. The molecule has 0 unspecified atom stereocenters. The van der Waals surface area contributed by atoms with Gasteiger partial charge in [-0.05, 0) is 73.2 Å². The van der Waals surface area contributed by atoms with Crippen LogP contribution in [0.2, 0.25) is 5.02 Å². The third-order valence-corrected chi connectivity index (χ3v) is 8.17. The zero-order valence-corrected chi connectivity index (χ0v) is 21.6. The van der Waals surface area contributed by atoms with Gasteiger partial charge in [0.05, 0.1) is 9.92 Å². The minimum absolute atomic E-state index is 0.0357. The highest BCUT2D eigenvalue weighted by molar-refractivity contribution is 7.93. The molecule has 0 aliphatic carbocycles. The van der Waals surface area contributed by atoms with E-state index in [9.17, 15) is 21.6 Å². The van der Waals surface area contributed by atoms with E-state index < -0.39 is 26.0 Å². The molecule has 0 spiro atoms. The summed E-state index contributed by atoms with van der Waals surface area (Å²) in [6.45, 7) is 1.83. The molecule has 4 aromatic rings. The maximum atomic E-state index is 12.9. The van der Waals surface area contributed by atoms with Crippen molar-refractivity contribution in [2.24, 2.45) is 0 Å². The number of halogens is 1. The van der Waals surface area contributed by atoms with Gasteiger partial charge >= 0.3 is 0 Å². The molecule has 1 amide bonds. The molecule has 37 heavy (non-hydrogen) atoms. The molecule has 0 aliphatic heterocycles. The minimum Gasteiger partial charge on any atom is -0.322 e. The number of amides is 1. The molecule has 1 aromatic heterocycles. The lowest BCUT2D eigenvalue weighted by Gasteiger charge is -2.12. The monoisotopic (exact) mass is 557 g/mol. The lowest BCUT2D eigenvalue weighted by atomic mass is 10.2. The highest BCUT2D eigenvalue weighted by Crippen LogP contribution is 2.26. The molecule has 0 atom stereocenters. The van der Waals surface area contributed by atoms with Crippen LogP contribution in [0.4, 0.5) is 17.3 Å². The molecule has 1 heterocycles. The summed E-state index contributed by atoms with van der Waals surface area (Å²) in [5.74, 6) is -0.694. The molecular weight excluding hydrogens is 538 g/mol. The molecular formula is C24H20ClN5O5S2. The van der Waals surface area contributed by atoms with Crippen molar-refractivity contribution in [2.75, 3.05) is 14.8 Å². The molecule has 0 fully saturated rings. The fourth-order valence-corrected chi connectivity index (χ4v) is 5.76. The van der Waals surface area contributed by atoms with E-state index in [1.165, 1.54) is 54.9 Å². The van der Waals surface area contributed by atoms with Crippen LogP contribution in [0.1, 0.15) is 15.9 Å². The predicted octanol–water partition coefficient (Wildman–Crippen LogP) is 4.29. The van der Waals surface area contributed by atoms with Crippen molar-refractivity contribution < 1.29 is 21.6 Å². The normalized spacial score (nSPS) is 11.5. The summed E-state index contributed by atoms with van der Waals surface area (Å²) in [5.41, 5.74) is 1.54. The van der Waals surface area contributed by atoms with Crippen molar-refractivity contribution in [1.82, 2.24) is 9.97 Å². The Kier molecular flexibility index (Phi) is 7.43. The zero-order valence-electron chi connectivity index (χ0n) is 19.2. The number of nitrogens with one attached hydrogen (secondary N) is 3. The van der Waals surface area contributed by atoms with Gasteiger partial charge in [-0.2, -0.15) is 0 Å². The highest BCUT2D eigenvalue weighted by atomic mass is 35.5. The average Bonchev–Trinajstić information content (AvgIpc) is 2.84. The molecule has 0 saturated heterocycles. The lowest BCUT2D eigenvalue weighted by molar-refractivity contribution is 0.102. The lowest BCUT2D eigenvalue weighted by Crippen LogP contribution is -2.17. The molecule has 3 N–H and O–H groups in total. The van der Waals surface area contributed by atoms with Crippen molar-refractivity contribution in [1.29, 1.82) is 0 Å². The quantitative estimate of drug-likeness (QED) is 0.293. The number of carbonyl (C=O) groups is 1. The van der Waals surface area contributed by atoms with E-state index in [2.05, 4.69) is 24.7 Å². The van der Waals surface area contributed by atoms with Crippen LogP contribution in [-0.4, -0.2) is 32.7 Å². The number of nitrogens with zero attached hydrogens (tertiary/aromatic N) is 2. The number of sulfonamides is 2. The third kappa shape index (κ3) is 6.42. The van der Waals surface area contributed by atoms with Gasteiger partial charge < -0.3 is 5.32 Å². The Bertz CT molecular complexity index is 1660. The number of hydrogen-bond acceptors (Lipinski definition) is 7. The van der Waals surface area contributed by atoms with E-state index >= 15 is 0 Å².